The average Bonchev–Trinajstić information content (AvgIpc) is 2.97. The molecule has 1 fully saturated rings. The molecule has 1 aromatic heterocycles. The predicted molar refractivity (Wildman–Crippen MR) is 64.4 cm³/mol. The van der Waals surface area contributed by atoms with Crippen molar-refractivity contribution in [2.45, 2.75) is 51.2 Å². The van der Waals surface area contributed by atoms with E-state index in [1.165, 1.54) is 6.33 Å². The van der Waals surface area contributed by atoms with Crippen molar-refractivity contribution in [2.24, 2.45) is 0 Å². The Bertz CT molecular complexity index is 432. The lowest BCUT2D eigenvalue weighted by Crippen LogP contribution is -2.30. The summed E-state index contributed by atoms with van der Waals surface area (Å²) in [5.74, 6) is 0.213. The summed E-state index contributed by atoms with van der Waals surface area (Å²) in [6.45, 7) is 5.83. The molecule has 0 radical (unpaired) electrons. The van der Waals surface area contributed by atoms with Crippen LogP contribution in [-0.2, 0) is 9.53 Å². The number of rotatable bonds is 5. The van der Waals surface area contributed by atoms with Crippen LogP contribution in [0.5, 0.6) is 0 Å². The van der Waals surface area contributed by atoms with Gasteiger partial charge in [-0.1, -0.05) is 0 Å². The predicted octanol–water partition coefficient (Wildman–Crippen LogP) is 1.60. The van der Waals surface area contributed by atoms with E-state index in [0.717, 1.165) is 18.7 Å². The van der Waals surface area contributed by atoms with E-state index in [1.54, 1.807) is 4.57 Å². The van der Waals surface area contributed by atoms with Crippen molar-refractivity contribution in [2.75, 3.05) is 6.61 Å². The maximum absolute atomic E-state index is 11.4. The number of carboxylic acid groups (broad SMARTS) is 1. The van der Waals surface area contributed by atoms with Crippen LogP contribution in [0.2, 0.25) is 0 Å². The first-order valence-electron chi connectivity index (χ1n) is 6.14. The van der Waals surface area contributed by atoms with Gasteiger partial charge in [-0.2, -0.15) is 0 Å². The summed E-state index contributed by atoms with van der Waals surface area (Å²) in [5, 5.41) is 17.2. The van der Waals surface area contributed by atoms with Crippen LogP contribution < -0.4 is 0 Å². The highest BCUT2D eigenvalue weighted by molar-refractivity contribution is 5.72. The zero-order valence-corrected chi connectivity index (χ0v) is 11.0. The number of hydrogen-bond acceptors (Lipinski definition) is 4. The summed E-state index contributed by atoms with van der Waals surface area (Å²) in [6, 6.07) is -0.755. The molecule has 1 aromatic rings. The highest BCUT2D eigenvalue weighted by Crippen LogP contribution is 2.39. The molecular formula is C12H19N3O3. The van der Waals surface area contributed by atoms with Gasteiger partial charge < -0.3 is 14.4 Å². The largest absolute Gasteiger partial charge is 0.480 e. The number of ether oxygens (including phenoxy) is 1. The summed E-state index contributed by atoms with van der Waals surface area (Å²) in [5.41, 5.74) is -0.360. The number of carbonyl (C=O) groups is 1. The molecule has 0 bridgehead atoms. The first-order chi connectivity index (χ1) is 8.38. The van der Waals surface area contributed by atoms with Crippen molar-refractivity contribution in [3.8, 4) is 0 Å². The number of aliphatic carboxylic acids is 1. The molecule has 0 spiro atoms. The van der Waals surface area contributed by atoms with E-state index in [-0.39, 0.29) is 12.2 Å². The van der Waals surface area contributed by atoms with E-state index >= 15 is 0 Å². The van der Waals surface area contributed by atoms with Gasteiger partial charge in [-0.3, -0.25) is 0 Å². The fourth-order valence-corrected chi connectivity index (χ4v) is 1.73. The lowest BCUT2D eigenvalue weighted by atomic mass is 10.2. The topological polar surface area (TPSA) is 77.2 Å². The molecule has 0 amide bonds. The van der Waals surface area contributed by atoms with Gasteiger partial charge >= 0.3 is 5.97 Å². The van der Waals surface area contributed by atoms with Crippen LogP contribution in [0.1, 0.15) is 51.4 Å². The number of nitrogens with zero attached hydrogens (tertiary/aromatic N) is 3. The Morgan fingerprint density at radius 2 is 2.28 bits per heavy atom. The Balaban J connectivity index is 2.14. The molecule has 0 aromatic carbocycles. The van der Waals surface area contributed by atoms with E-state index in [1.807, 2.05) is 20.8 Å². The quantitative estimate of drug-likeness (QED) is 0.862. The van der Waals surface area contributed by atoms with Gasteiger partial charge in [0.1, 0.15) is 12.2 Å². The van der Waals surface area contributed by atoms with Crippen molar-refractivity contribution in [3.63, 3.8) is 0 Å². The van der Waals surface area contributed by atoms with Gasteiger partial charge in [0.15, 0.2) is 6.04 Å². The summed E-state index contributed by atoms with van der Waals surface area (Å²) < 4.78 is 7.21. The highest BCUT2D eigenvalue weighted by atomic mass is 16.5. The Kier molecular flexibility index (Phi) is 3.38. The zero-order chi connectivity index (χ0) is 13.3. The van der Waals surface area contributed by atoms with Crippen molar-refractivity contribution in [1.82, 2.24) is 14.8 Å². The Hall–Kier alpha value is -1.43. The SMILES string of the molecule is CC(C)(C)OCC(C(=O)O)n1cnnc1C1CC1. The van der Waals surface area contributed by atoms with E-state index < -0.39 is 12.0 Å². The average molecular weight is 253 g/mol. The third-order valence-electron chi connectivity index (χ3n) is 2.84. The number of hydrogen-bond donors (Lipinski definition) is 1. The van der Waals surface area contributed by atoms with Crippen LogP contribution in [0.4, 0.5) is 0 Å². The van der Waals surface area contributed by atoms with E-state index in [9.17, 15) is 9.90 Å². The fraction of sp³-hybridized carbons (Fsp3) is 0.750. The van der Waals surface area contributed by atoms with Crippen LogP contribution in [0, 0.1) is 0 Å². The molecule has 1 N–H and O–H groups in total. The van der Waals surface area contributed by atoms with Gasteiger partial charge in [-0.15, -0.1) is 10.2 Å². The van der Waals surface area contributed by atoms with Gasteiger partial charge in [0.05, 0.1) is 12.2 Å². The molecule has 1 heterocycles. The van der Waals surface area contributed by atoms with Crippen LogP contribution >= 0.6 is 0 Å². The Morgan fingerprint density at radius 3 is 2.78 bits per heavy atom. The third-order valence-corrected chi connectivity index (χ3v) is 2.84. The lowest BCUT2D eigenvalue weighted by Gasteiger charge is -2.23. The minimum Gasteiger partial charge on any atom is -0.480 e. The standard InChI is InChI=1S/C12H19N3O3/c1-12(2,3)18-6-9(11(16)17)15-7-13-14-10(15)8-4-5-8/h7-9H,4-6H2,1-3H3,(H,16,17). The van der Waals surface area contributed by atoms with Crippen LogP contribution in [0.25, 0.3) is 0 Å². The van der Waals surface area contributed by atoms with Gasteiger partial charge in [0, 0.05) is 5.92 Å². The maximum Gasteiger partial charge on any atom is 0.329 e. The minimum atomic E-state index is -0.916. The molecule has 1 saturated carbocycles. The normalized spacial score (nSPS) is 17.7. The molecule has 18 heavy (non-hydrogen) atoms. The summed E-state index contributed by atoms with van der Waals surface area (Å²) in [7, 11) is 0. The smallest absolute Gasteiger partial charge is 0.329 e. The number of carboxylic acids is 1. The van der Waals surface area contributed by atoms with Gasteiger partial charge in [0.2, 0.25) is 0 Å². The van der Waals surface area contributed by atoms with E-state index in [4.69, 9.17) is 4.74 Å². The molecule has 2 rings (SSSR count). The lowest BCUT2D eigenvalue weighted by molar-refractivity contribution is -0.144. The first kappa shape index (κ1) is 13.0. The molecule has 1 aliphatic rings. The molecule has 6 nitrogen and oxygen atoms in total. The van der Waals surface area contributed by atoms with Crippen LogP contribution in [-0.4, -0.2) is 38.0 Å². The maximum atomic E-state index is 11.4. The fourth-order valence-electron chi connectivity index (χ4n) is 1.73. The molecule has 0 saturated heterocycles. The van der Waals surface area contributed by atoms with Gasteiger partial charge in [0.25, 0.3) is 0 Å². The van der Waals surface area contributed by atoms with Gasteiger partial charge in [-0.25, -0.2) is 4.79 Å². The Labute approximate surface area is 106 Å². The molecule has 0 aliphatic heterocycles. The Morgan fingerprint density at radius 1 is 1.61 bits per heavy atom. The second kappa shape index (κ2) is 4.68. The van der Waals surface area contributed by atoms with Crippen molar-refractivity contribution >= 4 is 5.97 Å². The summed E-state index contributed by atoms with van der Waals surface area (Å²) in [6.07, 6.45) is 3.61. The van der Waals surface area contributed by atoms with Crippen molar-refractivity contribution in [3.05, 3.63) is 12.2 Å². The second-order valence-corrected chi connectivity index (χ2v) is 5.65. The van der Waals surface area contributed by atoms with E-state index in [0.29, 0.717) is 5.92 Å². The van der Waals surface area contributed by atoms with E-state index in [2.05, 4.69) is 10.2 Å². The highest BCUT2D eigenvalue weighted by Gasteiger charge is 2.33. The second-order valence-electron chi connectivity index (χ2n) is 5.65. The van der Waals surface area contributed by atoms with Crippen LogP contribution in [0.3, 0.4) is 0 Å². The number of aromatic nitrogens is 3. The van der Waals surface area contributed by atoms with Gasteiger partial charge in [-0.05, 0) is 33.6 Å². The summed E-state index contributed by atoms with van der Waals surface area (Å²) >= 11 is 0. The first-order valence-corrected chi connectivity index (χ1v) is 6.14. The summed E-state index contributed by atoms with van der Waals surface area (Å²) in [4.78, 5) is 11.4. The molecule has 1 atom stereocenters. The molecule has 1 aliphatic carbocycles. The third kappa shape index (κ3) is 3.07. The van der Waals surface area contributed by atoms with Crippen molar-refractivity contribution in [1.29, 1.82) is 0 Å². The molecular weight excluding hydrogens is 234 g/mol. The minimum absolute atomic E-state index is 0.122. The molecule has 100 valence electrons. The molecule has 1 unspecified atom stereocenters. The monoisotopic (exact) mass is 253 g/mol. The zero-order valence-electron chi connectivity index (χ0n) is 11.0. The van der Waals surface area contributed by atoms with Crippen molar-refractivity contribution < 1.29 is 14.6 Å². The van der Waals surface area contributed by atoms with Crippen LogP contribution in [0.15, 0.2) is 6.33 Å². The molecule has 6 heteroatoms.